The number of carbonyl (C=O) groups is 2. The van der Waals surface area contributed by atoms with Crippen LogP contribution in [0.25, 0.3) is 5.57 Å². The lowest BCUT2D eigenvalue weighted by Gasteiger charge is -2.20. The monoisotopic (exact) mass is 668 g/mol. The van der Waals surface area contributed by atoms with Crippen LogP contribution in [0.1, 0.15) is 66.1 Å². The first kappa shape index (κ1) is 38.5. The Balaban J connectivity index is 0.000000265. The van der Waals surface area contributed by atoms with Crippen LogP contribution in [0.15, 0.2) is 88.4 Å². The zero-order valence-electron chi connectivity index (χ0n) is 29.2. The van der Waals surface area contributed by atoms with Gasteiger partial charge in [0, 0.05) is 43.2 Å². The minimum absolute atomic E-state index is 0.153. The fourth-order valence-electron chi connectivity index (χ4n) is 5.17. The predicted molar refractivity (Wildman–Crippen MR) is 196 cm³/mol. The summed E-state index contributed by atoms with van der Waals surface area (Å²) in [4.78, 5) is 26.8. The molecule has 1 heterocycles. The van der Waals surface area contributed by atoms with Gasteiger partial charge in [-0.1, -0.05) is 35.8 Å². The number of rotatable bonds is 10. The number of carbonyl (C=O) groups excluding carboxylic acids is 2. The molecule has 1 aliphatic heterocycles. The molecule has 2 fully saturated rings. The largest absolute Gasteiger partial charge is 0.494 e. The molecule has 260 valence electrons. The molecule has 6 N–H and O–H groups in total. The molecule has 3 aliphatic rings. The number of aldehydes is 1. The average molecular weight is 669 g/mol. The second kappa shape index (κ2) is 19.7. The number of allylic oxidation sites excluding steroid dienone is 6. The number of nitrogens with one attached hydrogen (secondary N) is 4. The third-order valence-corrected chi connectivity index (χ3v) is 8.09. The van der Waals surface area contributed by atoms with Crippen molar-refractivity contribution in [1.82, 2.24) is 21.3 Å². The smallest absolute Gasteiger partial charge is 0.252 e. The van der Waals surface area contributed by atoms with Gasteiger partial charge in [0.05, 0.1) is 19.2 Å². The number of hydrogen-bond donors (Lipinski definition) is 5. The number of ether oxygens (including phenoxy) is 1. The van der Waals surface area contributed by atoms with Crippen molar-refractivity contribution in [3.8, 4) is 11.8 Å². The number of halogens is 1. The Hall–Kier alpha value is -4.98. The molecule has 5 rings (SSSR count). The molecule has 0 atom stereocenters. The van der Waals surface area contributed by atoms with E-state index in [1.54, 1.807) is 33.4 Å². The van der Waals surface area contributed by atoms with Crippen LogP contribution in [0.5, 0.6) is 0 Å². The first-order chi connectivity index (χ1) is 23.7. The molecule has 0 saturated heterocycles. The van der Waals surface area contributed by atoms with E-state index in [-0.39, 0.29) is 11.7 Å². The topological polar surface area (TPSA) is 130 Å². The lowest BCUT2D eigenvalue weighted by Crippen LogP contribution is -2.35. The Morgan fingerprint density at radius 2 is 1.92 bits per heavy atom. The normalized spacial score (nSPS) is 15.8. The summed E-state index contributed by atoms with van der Waals surface area (Å²) in [5.74, 6) is 6.26. The molecule has 0 unspecified atom stereocenters. The molecule has 10 heteroatoms. The Morgan fingerprint density at radius 1 is 1.16 bits per heavy atom. The number of amides is 1. The quantitative estimate of drug-likeness (QED) is 0.106. The van der Waals surface area contributed by atoms with Crippen LogP contribution in [-0.4, -0.2) is 59.8 Å². The molecule has 0 radical (unpaired) electrons. The van der Waals surface area contributed by atoms with E-state index in [0.29, 0.717) is 35.5 Å². The zero-order valence-corrected chi connectivity index (χ0v) is 29.2. The lowest BCUT2D eigenvalue weighted by atomic mass is 9.93. The Bertz CT molecular complexity index is 1660. The van der Waals surface area contributed by atoms with Crippen molar-refractivity contribution in [2.45, 2.75) is 51.1 Å². The number of dihydropyridines is 1. The second-order valence-corrected chi connectivity index (χ2v) is 11.8. The molecular weight excluding hydrogens is 619 g/mol. The van der Waals surface area contributed by atoms with E-state index in [1.807, 2.05) is 56.6 Å². The average Bonchev–Trinajstić information content (AvgIpc) is 3.86. The minimum Gasteiger partial charge on any atom is -0.494 e. The van der Waals surface area contributed by atoms with E-state index < -0.39 is 5.54 Å². The summed E-state index contributed by atoms with van der Waals surface area (Å²) in [5.41, 5.74) is 11.8. The molecule has 0 aromatic heterocycles. The summed E-state index contributed by atoms with van der Waals surface area (Å²) in [6, 6.07) is 12.3. The summed E-state index contributed by atoms with van der Waals surface area (Å²) in [6.07, 6.45) is 13.2. The van der Waals surface area contributed by atoms with Crippen molar-refractivity contribution in [2.75, 3.05) is 41.3 Å². The molecule has 49 heavy (non-hydrogen) atoms. The summed E-state index contributed by atoms with van der Waals surface area (Å²) >= 11 is 0. The molecular formula is C39H49FN6O3. The van der Waals surface area contributed by atoms with Gasteiger partial charge in [0.1, 0.15) is 23.6 Å². The van der Waals surface area contributed by atoms with Crippen LogP contribution in [0.2, 0.25) is 0 Å². The van der Waals surface area contributed by atoms with E-state index in [9.17, 15) is 14.0 Å². The number of nitrogens with two attached hydrogens (primary N) is 1. The van der Waals surface area contributed by atoms with Crippen LogP contribution in [0, 0.1) is 17.7 Å². The van der Waals surface area contributed by atoms with Crippen LogP contribution in [0.3, 0.4) is 0 Å². The fraction of sp³-hybridized carbons (Fsp3) is 0.359. The Morgan fingerprint density at radius 3 is 2.49 bits per heavy atom. The van der Waals surface area contributed by atoms with Gasteiger partial charge in [-0.15, -0.1) is 0 Å². The highest BCUT2D eigenvalue weighted by Crippen LogP contribution is 2.46. The van der Waals surface area contributed by atoms with Crippen molar-refractivity contribution in [2.24, 2.45) is 10.7 Å². The molecule has 2 aromatic rings. The molecule has 2 aliphatic carbocycles. The number of methoxy groups -OCH3 is 1. The van der Waals surface area contributed by atoms with E-state index in [2.05, 4.69) is 38.1 Å². The highest BCUT2D eigenvalue weighted by Gasteiger charge is 2.46. The minimum atomic E-state index is -0.558. The molecule has 1 amide bonds. The van der Waals surface area contributed by atoms with Crippen LogP contribution >= 0.6 is 0 Å². The van der Waals surface area contributed by atoms with Gasteiger partial charge in [0.25, 0.3) is 5.91 Å². The van der Waals surface area contributed by atoms with Gasteiger partial charge in [-0.2, -0.15) is 0 Å². The lowest BCUT2D eigenvalue weighted by molar-refractivity contribution is -0.104. The maximum absolute atomic E-state index is 14.4. The van der Waals surface area contributed by atoms with Gasteiger partial charge in [-0.05, 0) is 112 Å². The van der Waals surface area contributed by atoms with Gasteiger partial charge >= 0.3 is 0 Å². The van der Waals surface area contributed by atoms with Crippen LogP contribution in [-0.2, 0) is 21.6 Å². The van der Waals surface area contributed by atoms with E-state index in [0.717, 1.165) is 61.1 Å². The number of benzene rings is 2. The Kier molecular flexibility index (Phi) is 15.5. The van der Waals surface area contributed by atoms with E-state index in [4.69, 9.17) is 10.5 Å². The SMILES string of the molecule is CN=C/C(=C(/C)N)c1cc(F)cc(C2(NC(=O)c3ccccc3CNC)CC2)c1.CNCC#CC1=C(OC)C=CCN1.O=CC=C1CCC1. The number of aliphatic imine (C=N–C) groups is 1. The van der Waals surface area contributed by atoms with Gasteiger partial charge in [0.2, 0.25) is 0 Å². The second-order valence-electron chi connectivity index (χ2n) is 11.8. The highest BCUT2D eigenvalue weighted by atomic mass is 19.1. The zero-order chi connectivity index (χ0) is 35.6. The van der Waals surface area contributed by atoms with Crippen molar-refractivity contribution < 1.29 is 18.7 Å². The molecule has 0 bridgehead atoms. The van der Waals surface area contributed by atoms with Crippen LogP contribution in [0.4, 0.5) is 4.39 Å². The maximum Gasteiger partial charge on any atom is 0.252 e. The van der Waals surface area contributed by atoms with E-state index in [1.165, 1.54) is 24.1 Å². The summed E-state index contributed by atoms with van der Waals surface area (Å²) in [5, 5.41) is 12.3. The highest BCUT2D eigenvalue weighted by molar-refractivity contribution is 6.10. The molecule has 0 spiro atoms. The molecule has 2 saturated carbocycles. The number of nitrogens with zero attached hydrogens (tertiary/aromatic N) is 1. The van der Waals surface area contributed by atoms with Crippen molar-refractivity contribution in [3.05, 3.63) is 111 Å². The Labute approximate surface area is 290 Å². The van der Waals surface area contributed by atoms with Gasteiger partial charge in [0.15, 0.2) is 0 Å². The standard InChI is InChI=1S/C23H27FN4O.C10H14N2O.C6H8O/c1-15(25)21(14-27-3)17-10-18(12-19(24)11-17)23(8-9-23)28-22(29)20-7-5-4-6-16(20)13-26-2;1-11-7-3-5-9-10(13-2)6-4-8-12-9;7-5-4-6-2-1-3-6/h4-7,10-12,14,26H,8-9,13,25H2,1-3H3,(H,28,29);4,6,11-12H,7-8H2,1-2H3;4-5H,1-3H2/b21-15+,27-14?;;. The summed E-state index contributed by atoms with van der Waals surface area (Å²) < 4.78 is 19.6. The summed E-state index contributed by atoms with van der Waals surface area (Å²) in [7, 11) is 7.00. The van der Waals surface area contributed by atoms with Crippen molar-refractivity contribution >= 4 is 24.0 Å². The predicted octanol–water partition coefficient (Wildman–Crippen LogP) is 4.88. The third kappa shape index (κ3) is 11.6. The first-order valence-electron chi connectivity index (χ1n) is 16.4. The number of hydrogen-bond acceptors (Lipinski definition) is 8. The molecule has 9 nitrogen and oxygen atoms in total. The molecule has 2 aromatic carbocycles. The van der Waals surface area contributed by atoms with Crippen LogP contribution < -0.4 is 27.0 Å². The van der Waals surface area contributed by atoms with E-state index >= 15 is 0 Å². The van der Waals surface area contributed by atoms with Crippen molar-refractivity contribution in [3.63, 3.8) is 0 Å². The van der Waals surface area contributed by atoms with Gasteiger partial charge < -0.3 is 31.7 Å². The van der Waals surface area contributed by atoms with Gasteiger partial charge in [-0.25, -0.2) is 4.39 Å². The summed E-state index contributed by atoms with van der Waals surface area (Å²) in [6.45, 7) is 3.86. The maximum atomic E-state index is 14.4. The first-order valence-corrected chi connectivity index (χ1v) is 16.4. The van der Waals surface area contributed by atoms with Gasteiger partial charge in [-0.3, -0.25) is 14.6 Å². The third-order valence-electron chi connectivity index (χ3n) is 8.09. The fourth-order valence-corrected chi connectivity index (χ4v) is 5.17. The van der Waals surface area contributed by atoms with Crippen molar-refractivity contribution in [1.29, 1.82) is 0 Å².